The van der Waals surface area contributed by atoms with E-state index < -0.39 is 0 Å². The quantitative estimate of drug-likeness (QED) is 0.918. The fraction of sp³-hybridized carbons (Fsp3) is 0.533. The maximum Gasteiger partial charge on any atom is 0.238 e. The first-order valence-corrected chi connectivity index (χ1v) is 8.02. The largest absolute Gasteiger partial charge is 0.325 e. The number of carbonyl (C=O) groups excluding carboxylic acids is 1. The summed E-state index contributed by atoms with van der Waals surface area (Å²) < 4.78 is 1.02. The number of benzene rings is 1. The van der Waals surface area contributed by atoms with Crippen molar-refractivity contribution in [1.29, 1.82) is 0 Å². The molecule has 5 heteroatoms. The van der Waals surface area contributed by atoms with E-state index in [0.29, 0.717) is 12.6 Å². The molecule has 0 aliphatic carbocycles. The number of nitrogens with zero attached hydrogens (tertiary/aromatic N) is 2. The molecule has 0 aromatic heterocycles. The molecule has 20 heavy (non-hydrogen) atoms. The van der Waals surface area contributed by atoms with E-state index in [1.807, 2.05) is 24.3 Å². The molecule has 2 saturated heterocycles. The van der Waals surface area contributed by atoms with Crippen molar-refractivity contribution in [3.8, 4) is 0 Å². The lowest BCUT2D eigenvalue weighted by Gasteiger charge is -2.37. The number of fused-ring (bicyclic) bond motifs is 1. The van der Waals surface area contributed by atoms with Gasteiger partial charge in [0.25, 0.3) is 0 Å². The van der Waals surface area contributed by atoms with Gasteiger partial charge in [-0.05, 0) is 43.7 Å². The third-order valence-electron chi connectivity index (χ3n) is 4.17. The molecule has 0 spiro atoms. The molecule has 0 radical (unpaired) electrons. The highest BCUT2D eigenvalue weighted by Crippen LogP contribution is 2.21. The highest BCUT2D eigenvalue weighted by molar-refractivity contribution is 9.10. The third kappa shape index (κ3) is 3.40. The Kier molecular flexibility index (Phi) is 4.38. The lowest BCUT2D eigenvalue weighted by Crippen LogP contribution is -2.51. The Labute approximate surface area is 128 Å². The minimum Gasteiger partial charge on any atom is -0.325 e. The Bertz CT molecular complexity index is 477. The van der Waals surface area contributed by atoms with Crippen LogP contribution in [0.3, 0.4) is 0 Å². The number of halogens is 1. The molecule has 108 valence electrons. The van der Waals surface area contributed by atoms with Gasteiger partial charge < -0.3 is 5.32 Å². The predicted molar refractivity (Wildman–Crippen MR) is 83.8 cm³/mol. The number of piperazine rings is 1. The number of amides is 1. The van der Waals surface area contributed by atoms with Crippen molar-refractivity contribution in [2.24, 2.45) is 0 Å². The maximum absolute atomic E-state index is 12.1. The standard InChI is InChI=1S/C15H20BrN3O/c16-12-3-5-13(6-4-12)17-15(20)11-18-8-9-19-7-1-2-14(19)10-18/h3-6,14H,1-2,7-11H2,(H,17,20). The number of hydrogen-bond acceptors (Lipinski definition) is 3. The molecule has 1 aromatic rings. The van der Waals surface area contributed by atoms with Gasteiger partial charge >= 0.3 is 0 Å². The van der Waals surface area contributed by atoms with E-state index in [2.05, 4.69) is 31.0 Å². The summed E-state index contributed by atoms with van der Waals surface area (Å²) in [4.78, 5) is 16.9. The first-order valence-electron chi connectivity index (χ1n) is 7.22. The normalized spacial score (nSPS) is 23.6. The van der Waals surface area contributed by atoms with Crippen LogP contribution in [0.1, 0.15) is 12.8 Å². The smallest absolute Gasteiger partial charge is 0.238 e. The van der Waals surface area contributed by atoms with Crippen molar-refractivity contribution in [3.63, 3.8) is 0 Å². The third-order valence-corrected chi connectivity index (χ3v) is 4.70. The summed E-state index contributed by atoms with van der Waals surface area (Å²) in [5, 5.41) is 2.96. The minimum atomic E-state index is 0.0822. The van der Waals surface area contributed by atoms with Gasteiger partial charge in [-0.1, -0.05) is 15.9 Å². The summed E-state index contributed by atoms with van der Waals surface area (Å²) in [5.74, 6) is 0.0822. The van der Waals surface area contributed by atoms with Crippen LogP contribution in [0, 0.1) is 0 Å². The molecule has 2 heterocycles. The van der Waals surface area contributed by atoms with Crippen molar-refractivity contribution in [2.45, 2.75) is 18.9 Å². The maximum atomic E-state index is 12.1. The van der Waals surface area contributed by atoms with Crippen molar-refractivity contribution < 1.29 is 4.79 Å². The molecule has 3 rings (SSSR count). The predicted octanol–water partition coefficient (Wildman–Crippen LogP) is 2.17. The zero-order valence-electron chi connectivity index (χ0n) is 11.5. The molecular formula is C15H20BrN3O. The average molecular weight is 338 g/mol. The summed E-state index contributed by atoms with van der Waals surface area (Å²) in [6.07, 6.45) is 2.59. The van der Waals surface area contributed by atoms with Crippen molar-refractivity contribution in [1.82, 2.24) is 9.80 Å². The average Bonchev–Trinajstić information content (AvgIpc) is 2.89. The SMILES string of the molecule is O=C(CN1CCN2CCCC2C1)Nc1ccc(Br)cc1. The van der Waals surface area contributed by atoms with Crippen molar-refractivity contribution in [2.75, 3.05) is 38.0 Å². The van der Waals surface area contributed by atoms with Crippen LogP contribution in [-0.4, -0.2) is 54.5 Å². The molecular weight excluding hydrogens is 318 g/mol. The Morgan fingerprint density at radius 3 is 2.85 bits per heavy atom. The number of hydrogen-bond donors (Lipinski definition) is 1. The topological polar surface area (TPSA) is 35.6 Å². The summed E-state index contributed by atoms with van der Waals surface area (Å²) >= 11 is 3.39. The second-order valence-electron chi connectivity index (χ2n) is 5.62. The number of anilines is 1. The van der Waals surface area contributed by atoms with E-state index >= 15 is 0 Å². The van der Waals surface area contributed by atoms with Gasteiger partial charge in [-0.3, -0.25) is 14.6 Å². The van der Waals surface area contributed by atoms with Gasteiger partial charge in [-0.15, -0.1) is 0 Å². The molecule has 1 atom stereocenters. The van der Waals surface area contributed by atoms with Crippen LogP contribution in [0.25, 0.3) is 0 Å². The molecule has 4 nitrogen and oxygen atoms in total. The fourth-order valence-corrected chi connectivity index (χ4v) is 3.40. The number of rotatable bonds is 3. The Morgan fingerprint density at radius 1 is 1.25 bits per heavy atom. The fourth-order valence-electron chi connectivity index (χ4n) is 3.14. The molecule has 2 aliphatic rings. The van der Waals surface area contributed by atoms with E-state index in [4.69, 9.17) is 0 Å². The minimum absolute atomic E-state index is 0.0822. The van der Waals surface area contributed by atoms with E-state index in [1.165, 1.54) is 19.4 Å². The Morgan fingerprint density at radius 2 is 2.05 bits per heavy atom. The van der Waals surface area contributed by atoms with Crippen LogP contribution in [0.5, 0.6) is 0 Å². The molecule has 2 fully saturated rings. The van der Waals surface area contributed by atoms with Gasteiger partial charge in [-0.25, -0.2) is 0 Å². The van der Waals surface area contributed by atoms with Crippen LogP contribution in [-0.2, 0) is 4.79 Å². The van der Waals surface area contributed by atoms with E-state index in [9.17, 15) is 4.79 Å². The molecule has 0 saturated carbocycles. The van der Waals surface area contributed by atoms with Crippen LogP contribution >= 0.6 is 15.9 Å². The van der Waals surface area contributed by atoms with Crippen LogP contribution in [0.4, 0.5) is 5.69 Å². The number of nitrogens with one attached hydrogen (secondary N) is 1. The Balaban J connectivity index is 1.50. The summed E-state index contributed by atoms with van der Waals surface area (Å²) in [7, 11) is 0. The van der Waals surface area contributed by atoms with E-state index in [-0.39, 0.29) is 5.91 Å². The lowest BCUT2D eigenvalue weighted by molar-refractivity contribution is -0.117. The van der Waals surface area contributed by atoms with E-state index in [0.717, 1.165) is 29.8 Å². The Hall–Kier alpha value is -0.910. The zero-order valence-corrected chi connectivity index (χ0v) is 13.1. The van der Waals surface area contributed by atoms with Crippen molar-refractivity contribution in [3.05, 3.63) is 28.7 Å². The first-order chi connectivity index (χ1) is 9.70. The zero-order chi connectivity index (χ0) is 13.9. The highest BCUT2D eigenvalue weighted by Gasteiger charge is 2.30. The molecule has 1 amide bonds. The van der Waals surface area contributed by atoms with Gasteiger partial charge in [0.2, 0.25) is 5.91 Å². The second-order valence-corrected chi connectivity index (χ2v) is 6.54. The lowest BCUT2D eigenvalue weighted by atomic mass is 10.1. The van der Waals surface area contributed by atoms with Gasteiger partial charge in [0.05, 0.1) is 6.54 Å². The molecule has 1 unspecified atom stereocenters. The van der Waals surface area contributed by atoms with Gasteiger partial charge in [0, 0.05) is 35.8 Å². The number of carbonyl (C=O) groups is 1. The summed E-state index contributed by atoms with van der Waals surface area (Å²) in [5.41, 5.74) is 0.859. The van der Waals surface area contributed by atoms with Gasteiger partial charge in [0.15, 0.2) is 0 Å². The van der Waals surface area contributed by atoms with Crippen molar-refractivity contribution >= 4 is 27.5 Å². The van der Waals surface area contributed by atoms with Crippen LogP contribution < -0.4 is 5.32 Å². The summed E-state index contributed by atoms with van der Waals surface area (Å²) in [6.45, 7) is 4.89. The first kappa shape index (κ1) is 14.0. The highest BCUT2D eigenvalue weighted by atomic mass is 79.9. The van der Waals surface area contributed by atoms with E-state index in [1.54, 1.807) is 0 Å². The molecule has 1 N–H and O–H groups in total. The molecule has 2 aliphatic heterocycles. The molecule has 0 bridgehead atoms. The monoisotopic (exact) mass is 337 g/mol. The molecule has 1 aromatic carbocycles. The second kappa shape index (κ2) is 6.24. The van der Waals surface area contributed by atoms with Gasteiger partial charge in [-0.2, -0.15) is 0 Å². The van der Waals surface area contributed by atoms with Crippen LogP contribution in [0.2, 0.25) is 0 Å². The van der Waals surface area contributed by atoms with Gasteiger partial charge in [0.1, 0.15) is 0 Å². The summed E-state index contributed by atoms with van der Waals surface area (Å²) in [6, 6.07) is 8.37. The van der Waals surface area contributed by atoms with Crippen LogP contribution in [0.15, 0.2) is 28.7 Å².